The highest BCUT2D eigenvalue weighted by molar-refractivity contribution is 5.97. The normalized spacial score (nSPS) is 20.8. The fraction of sp³-hybridized carbons (Fsp3) is 0.544. The Morgan fingerprint density at radius 3 is 2.45 bits per heavy atom. The maximum Gasteiger partial charge on any atom is 0.324 e. The minimum absolute atomic E-state index is 0.0269. The topological polar surface area (TPSA) is 178 Å². The number of aryl methyl sites for hydroxylation is 1. The van der Waals surface area contributed by atoms with Crippen molar-refractivity contribution >= 4 is 52.3 Å². The van der Waals surface area contributed by atoms with Crippen LogP contribution >= 0.6 is 0 Å². The number of nitrogens with zero attached hydrogens (tertiary/aromatic N) is 6. The van der Waals surface area contributed by atoms with Crippen LogP contribution in [0, 0.1) is 29.1 Å². The van der Waals surface area contributed by atoms with Gasteiger partial charge in [0, 0.05) is 74.9 Å². The number of nitrogens with one attached hydrogen (secondary N) is 2. The number of fused-ring (bicyclic) bond motifs is 6. The van der Waals surface area contributed by atoms with E-state index >= 15 is 0 Å². The van der Waals surface area contributed by atoms with Crippen molar-refractivity contribution in [1.29, 1.82) is 0 Å². The minimum atomic E-state index is -1.19. The number of amides is 4. The third-order valence-electron chi connectivity index (χ3n) is 14.7. The Kier molecular flexibility index (Phi) is 17.9. The molecule has 3 aromatic rings. The summed E-state index contributed by atoms with van der Waals surface area (Å²) in [6.07, 6.45) is 5.01. The predicted octanol–water partition coefficient (Wildman–Crippen LogP) is 6.38. The maximum atomic E-state index is 14.8. The molecular weight excluding hydrogens is 925 g/mol. The monoisotopic (exact) mass is 1000 g/mol. The van der Waals surface area contributed by atoms with Gasteiger partial charge in [-0.25, -0.2) is 5.43 Å². The van der Waals surface area contributed by atoms with E-state index < -0.39 is 52.8 Å². The summed E-state index contributed by atoms with van der Waals surface area (Å²) in [4.78, 5) is 80.6. The summed E-state index contributed by atoms with van der Waals surface area (Å²) in [5.41, 5.74) is 8.54. The zero-order chi connectivity index (χ0) is 53.7. The molecule has 1 aromatic heterocycles. The average Bonchev–Trinajstić information content (AvgIpc) is 3.96. The second-order valence-corrected chi connectivity index (χ2v) is 21.6. The van der Waals surface area contributed by atoms with Crippen LogP contribution in [0.25, 0.3) is 27.6 Å². The summed E-state index contributed by atoms with van der Waals surface area (Å²) in [6.45, 7) is 23.3. The lowest BCUT2D eigenvalue weighted by molar-refractivity contribution is -0.155. The summed E-state index contributed by atoms with van der Waals surface area (Å²) in [5, 5.41) is 16.8. The van der Waals surface area contributed by atoms with Crippen LogP contribution in [0.3, 0.4) is 0 Å². The molecule has 3 aliphatic heterocycles. The van der Waals surface area contributed by atoms with Crippen molar-refractivity contribution < 1.29 is 38.6 Å². The van der Waals surface area contributed by atoms with Gasteiger partial charge in [0.25, 0.3) is 11.8 Å². The van der Waals surface area contributed by atoms with Crippen LogP contribution in [0.15, 0.2) is 59.7 Å². The molecule has 5 atom stereocenters. The van der Waals surface area contributed by atoms with E-state index in [1.807, 2.05) is 78.7 Å². The number of likely N-dealkylation sites (tertiary alicyclic amines) is 1. The Balaban J connectivity index is 1.41. The van der Waals surface area contributed by atoms with E-state index in [0.717, 1.165) is 39.0 Å². The zero-order valence-electron chi connectivity index (χ0n) is 45.3. The second kappa shape index (κ2) is 23.3. The fourth-order valence-corrected chi connectivity index (χ4v) is 10.1. The van der Waals surface area contributed by atoms with Crippen molar-refractivity contribution in [3.05, 3.63) is 71.6 Å². The lowest BCUT2D eigenvalue weighted by atomic mass is 9.84. The summed E-state index contributed by atoms with van der Waals surface area (Å²) < 4.78 is 14.2. The van der Waals surface area contributed by atoms with E-state index in [1.54, 1.807) is 37.4 Å². The van der Waals surface area contributed by atoms with E-state index in [0.29, 0.717) is 49.9 Å². The molecule has 6 bridgehead atoms. The molecule has 2 aromatic carbocycles. The van der Waals surface area contributed by atoms with Crippen LogP contribution < -0.4 is 10.7 Å². The number of likely N-dealkylation sites (N-methyl/N-ethyl adjacent to an activating group) is 1. The van der Waals surface area contributed by atoms with Crippen LogP contribution in [0.2, 0.25) is 0 Å². The van der Waals surface area contributed by atoms with E-state index in [9.17, 15) is 29.1 Å². The van der Waals surface area contributed by atoms with Gasteiger partial charge in [-0.05, 0) is 133 Å². The molecule has 4 heterocycles. The molecule has 4 amide bonds. The number of aromatic nitrogens is 1. The molecule has 2 fully saturated rings. The van der Waals surface area contributed by atoms with Gasteiger partial charge in [0.15, 0.2) is 0 Å². The number of carbonyl (C=O) groups excluding carboxylic acids is 5. The van der Waals surface area contributed by atoms with Gasteiger partial charge >= 0.3 is 5.97 Å². The van der Waals surface area contributed by atoms with Crippen molar-refractivity contribution in [2.45, 2.75) is 131 Å². The first kappa shape index (κ1) is 56.0. The molecule has 16 heteroatoms. The van der Waals surface area contributed by atoms with Crippen LogP contribution in [0.1, 0.15) is 98.4 Å². The molecule has 3 N–H and O–H groups in total. The van der Waals surface area contributed by atoms with Gasteiger partial charge in [-0.15, -0.1) is 0 Å². The van der Waals surface area contributed by atoms with Crippen LogP contribution in [0.4, 0.5) is 0 Å². The number of methoxy groups -OCH3 is 1. The van der Waals surface area contributed by atoms with Gasteiger partial charge in [-0.1, -0.05) is 58.4 Å². The van der Waals surface area contributed by atoms with E-state index in [2.05, 4.69) is 66.6 Å². The standard InChI is InChI=1S/C57H78N8O8/c1-15-42(49(58-16-2)36(6)72-14)51-44-32-56(7,8)34-73-55(71)45-19-18-25-65(60-45)54(70)46(29-37-27-40(30-41(66)28-37)38-20-21-47(43(44)31-38)64(51)17-3)59-52(68)50(35(4)5)62(13)53(69)39-23-26-63(33-39)48(67)22-24-57(9,10)61(11)12/h15-16,20-21,27-28,30-31,35-36,39,45-46,50,60,66H,1,17-19,23,25-26,29,32-34H2,2-14H3,(H,59,68)/b49-42+,58-16-/t36-,39-,45-,46-,50-/m0/s1. The Hall–Kier alpha value is -6.28. The highest BCUT2D eigenvalue weighted by Gasteiger charge is 2.40. The quantitative estimate of drug-likeness (QED) is 0.0799. The first-order valence-corrected chi connectivity index (χ1v) is 25.6. The minimum Gasteiger partial charge on any atom is -0.508 e. The van der Waals surface area contributed by atoms with Gasteiger partial charge in [0.2, 0.25) is 11.8 Å². The summed E-state index contributed by atoms with van der Waals surface area (Å²) >= 11 is 0. The number of phenolic OH excluding ortho intramolecular Hbond substituents is 1. The number of rotatable bonds is 12. The first-order valence-electron chi connectivity index (χ1n) is 25.6. The number of aliphatic imine (C=N–C) groups is 1. The summed E-state index contributed by atoms with van der Waals surface area (Å²) in [6, 6.07) is 8.35. The number of esters is 1. The van der Waals surface area contributed by atoms with Crippen LogP contribution in [-0.4, -0.2) is 149 Å². The Morgan fingerprint density at radius 1 is 1.08 bits per heavy atom. The number of carbonyl (C=O) groups is 5. The van der Waals surface area contributed by atoms with Gasteiger partial charge < -0.3 is 34.3 Å². The third-order valence-corrected chi connectivity index (χ3v) is 14.7. The number of aromatic hydroxyl groups is 1. The van der Waals surface area contributed by atoms with E-state index in [4.69, 9.17) is 14.5 Å². The number of allylic oxidation sites excluding steroid dienone is 2. The molecule has 394 valence electrons. The number of cyclic esters (lactones) is 1. The number of hydrogen-bond acceptors (Lipinski definition) is 11. The molecular formula is C57H78N8O8. The Morgan fingerprint density at radius 2 is 1.81 bits per heavy atom. The van der Waals surface area contributed by atoms with Gasteiger partial charge in [0.05, 0.1) is 35.6 Å². The Bertz CT molecular complexity index is 2720. The van der Waals surface area contributed by atoms with E-state index in [-0.39, 0.29) is 55.7 Å². The smallest absolute Gasteiger partial charge is 0.324 e. The average molecular weight is 1000 g/mol. The van der Waals surface area contributed by atoms with E-state index in [1.165, 1.54) is 9.91 Å². The second-order valence-electron chi connectivity index (χ2n) is 21.6. The van der Waals surface area contributed by atoms with Crippen molar-refractivity contribution in [2.24, 2.45) is 22.2 Å². The highest BCUT2D eigenvalue weighted by Crippen LogP contribution is 2.41. The first-order chi connectivity index (χ1) is 34.4. The molecule has 16 nitrogen and oxygen atoms in total. The maximum absolute atomic E-state index is 14.8. The molecule has 73 heavy (non-hydrogen) atoms. The third kappa shape index (κ3) is 12.6. The summed E-state index contributed by atoms with van der Waals surface area (Å²) in [7, 11) is 7.02. The number of phenols is 1. The molecule has 0 spiro atoms. The number of hydrogen-bond donors (Lipinski definition) is 3. The molecule has 0 radical (unpaired) electrons. The van der Waals surface area contributed by atoms with Gasteiger partial charge in [0.1, 0.15) is 23.9 Å². The fourth-order valence-electron chi connectivity index (χ4n) is 10.1. The zero-order valence-corrected chi connectivity index (χ0v) is 45.3. The van der Waals surface area contributed by atoms with Crippen molar-refractivity contribution in [1.82, 2.24) is 35.0 Å². The number of benzene rings is 2. The SMILES string of the molecule is C=C/C(=C(\N=C/C)[C@H](C)OC)c1c2c3cc(ccc3n1CC)-c1cc(O)cc(c1)C[C@H](NC(=O)[C@H](C(C)C)N(C)C(=O)[C@H]1CCN(C(=O)C#CC(C)(C)N(C)C)C1)C(=O)N1CCC[C@H](N1)C(=O)OCC(C)(C)C2. The lowest BCUT2D eigenvalue weighted by Crippen LogP contribution is -2.62. The van der Waals surface area contributed by atoms with Crippen molar-refractivity contribution in [2.75, 3.05) is 54.5 Å². The van der Waals surface area contributed by atoms with Crippen LogP contribution in [-0.2, 0) is 52.8 Å². The summed E-state index contributed by atoms with van der Waals surface area (Å²) in [5.74, 6) is 2.65. The van der Waals surface area contributed by atoms with Crippen LogP contribution in [0.5, 0.6) is 5.75 Å². The molecule has 0 unspecified atom stereocenters. The molecule has 2 saturated heterocycles. The molecule has 3 aliphatic rings. The van der Waals surface area contributed by atoms with Crippen molar-refractivity contribution in [3.8, 4) is 28.7 Å². The number of ether oxygens (including phenoxy) is 2. The predicted molar refractivity (Wildman–Crippen MR) is 286 cm³/mol. The molecule has 0 aliphatic carbocycles. The number of hydrazine groups is 1. The Labute approximate surface area is 432 Å². The van der Waals surface area contributed by atoms with Crippen molar-refractivity contribution in [3.63, 3.8) is 0 Å². The van der Waals surface area contributed by atoms with Gasteiger partial charge in [-0.2, -0.15) is 0 Å². The largest absolute Gasteiger partial charge is 0.508 e. The molecule has 0 saturated carbocycles. The molecule has 6 rings (SSSR count). The highest BCUT2D eigenvalue weighted by atomic mass is 16.5. The lowest BCUT2D eigenvalue weighted by Gasteiger charge is -2.37. The van der Waals surface area contributed by atoms with Gasteiger partial charge in [-0.3, -0.25) is 38.9 Å².